The van der Waals surface area contributed by atoms with Crippen molar-refractivity contribution in [3.63, 3.8) is 0 Å². The van der Waals surface area contributed by atoms with Gasteiger partial charge < -0.3 is 37.9 Å². The molecular formula is C50H70N2O12S2. The standard InChI is InChI=1S/2C25H35NO6S/c2*1-5-6-7-25(20-32-17-16-29-2)33(27,28)26(18-21-8-12-23(30-3)13-9-21)19-22-10-14-24(31-4)15-11-22/h2*5,8-15,25H,1,6-7,16-20H2,2-4H3/t2*25-/m10/s1. The van der Waals surface area contributed by atoms with Crippen molar-refractivity contribution in [2.75, 3.05) is 82.3 Å². The maximum atomic E-state index is 13.8. The Balaban J connectivity index is 0.000000350. The maximum absolute atomic E-state index is 13.8. The fourth-order valence-corrected chi connectivity index (χ4v) is 10.2. The van der Waals surface area contributed by atoms with Gasteiger partial charge in [-0.25, -0.2) is 16.8 Å². The van der Waals surface area contributed by atoms with Gasteiger partial charge in [0.2, 0.25) is 20.0 Å². The summed E-state index contributed by atoms with van der Waals surface area (Å²) in [4.78, 5) is 0. The number of sulfonamides is 2. The van der Waals surface area contributed by atoms with E-state index in [0.29, 0.717) is 52.1 Å². The van der Waals surface area contributed by atoms with E-state index in [2.05, 4.69) is 13.2 Å². The number of hydrogen-bond acceptors (Lipinski definition) is 12. The van der Waals surface area contributed by atoms with Gasteiger partial charge in [-0.3, -0.25) is 0 Å². The van der Waals surface area contributed by atoms with Gasteiger partial charge in [-0.1, -0.05) is 60.7 Å². The minimum absolute atomic E-state index is 0.0985. The molecule has 4 aromatic carbocycles. The van der Waals surface area contributed by atoms with Crippen LogP contribution in [0.3, 0.4) is 0 Å². The maximum Gasteiger partial charge on any atom is 0.219 e. The van der Waals surface area contributed by atoms with Crippen LogP contribution in [0.15, 0.2) is 122 Å². The normalized spacial score (nSPS) is 12.5. The molecule has 2 atom stereocenters. The Morgan fingerprint density at radius 2 is 0.697 bits per heavy atom. The molecule has 0 N–H and O–H groups in total. The lowest BCUT2D eigenvalue weighted by Crippen LogP contribution is -2.40. The molecule has 0 amide bonds. The highest BCUT2D eigenvalue weighted by molar-refractivity contribution is 7.90. The lowest BCUT2D eigenvalue weighted by Gasteiger charge is -2.28. The van der Waals surface area contributed by atoms with Gasteiger partial charge in [-0.05, 0) is 96.5 Å². The van der Waals surface area contributed by atoms with Gasteiger partial charge >= 0.3 is 0 Å². The van der Waals surface area contributed by atoms with Gasteiger partial charge in [-0.2, -0.15) is 8.61 Å². The highest BCUT2D eigenvalue weighted by atomic mass is 32.2. The van der Waals surface area contributed by atoms with Crippen LogP contribution in [-0.4, -0.2) is 118 Å². The molecule has 0 aliphatic rings. The van der Waals surface area contributed by atoms with E-state index >= 15 is 0 Å². The van der Waals surface area contributed by atoms with Crippen LogP contribution in [0, 0.1) is 0 Å². The molecule has 14 nitrogen and oxygen atoms in total. The Morgan fingerprint density at radius 1 is 0.439 bits per heavy atom. The summed E-state index contributed by atoms with van der Waals surface area (Å²) in [6.07, 6.45) is 5.48. The van der Waals surface area contributed by atoms with E-state index in [-0.39, 0.29) is 39.4 Å². The van der Waals surface area contributed by atoms with E-state index in [0.717, 1.165) is 45.3 Å². The van der Waals surface area contributed by atoms with Crippen LogP contribution in [0.25, 0.3) is 0 Å². The first-order valence-corrected chi connectivity index (χ1v) is 24.7. The summed E-state index contributed by atoms with van der Waals surface area (Å²) < 4.78 is 100. The minimum atomic E-state index is -3.69. The van der Waals surface area contributed by atoms with Crippen molar-refractivity contribution in [2.45, 2.75) is 62.4 Å². The lowest BCUT2D eigenvalue weighted by atomic mass is 10.2. The van der Waals surface area contributed by atoms with E-state index in [1.165, 1.54) is 8.61 Å². The minimum Gasteiger partial charge on any atom is -0.497 e. The van der Waals surface area contributed by atoms with Gasteiger partial charge in [0.1, 0.15) is 23.0 Å². The molecule has 16 heteroatoms. The topological polar surface area (TPSA) is 149 Å². The lowest BCUT2D eigenvalue weighted by molar-refractivity contribution is 0.0692. The highest BCUT2D eigenvalue weighted by Gasteiger charge is 2.33. The summed E-state index contributed by atoms with van der Waals surface area (Å²) in [5.41, 5.74) is 3.48. The van der Waals surface area contributed by atoms with E-state index < -0.39 is 30.5 Å². The third kappa shape index (κ3) is 18.8. The molecule has 4 aromatic rings. The van der Waals surface area contributed by atoms with E-state index in [1.807, 2.05) is 97.1 Å². The zero-order valence-electron chi connectivity index (χ0n) is 39.5. The summed E-state index contributed by atoms with van der Waals surface area (Å²) in [7, 11) is 2.18. The van der Waals surface area contributed by atoms with Crippen molar-refractivity contribution in [3.05, 3.63) is 145 Å². The molecule has 0 saturated heterocycles. The fraction of sp³-hybridized carbons (Fsp3) is 0.440. The summed E-state index contributed by atoms with van der Waals surface area (Å²) >= 11 is 0. The summed E-state index contributed by atoms with van der Waals surface area (Å²) in [5.74, 6) is 2.88. The molecule has 0 aromatic heterocycles. The number of ether oxygens (including phenoxy) is 8. The smallest absolute Gasteiger partial charge is 0.219 e. The second kappa shape index (κ2) is 30.5. The van der Waals surface area contributed by atoms with Crippen LogP contribution in [0.5, 0.6) is 23.0 Å². The van der Waals surface area contributed by atoms with E-state index in [4.69, 9.17) is 37.9 Å². The molecule has 0 bridgehead atoms. The third-order valence-electron chi connectivity index (χ3n) is 10.5. The average molecular weight is 955 g/mol. The molecule has 66 heavy (non-hydrogen) atoms. The number of nitrogens with zero attached hydrogens (tertiary/aromatic N) is 2. The molecule has 0 aliphatic carbocycles. The van der Waals surface area contributed by atoms with Crippen molar-refractivity contribution in [1.29, 1.82) is 0 Å². The van der Waals surface area contributed by atoms with Crippen molar-refractivity contribution < 1.29 is 54.7 Å². The molecular weight excluding hydrogens is 885 g/mol. The number of rotatable bonds is 32. The van der Waals surface area contributed by atoms with Crippen LogP contribution < -0.4 is 18.9 Å². The van der Waals surface area contributed by atoms with E-state index in [9.17, 15) is 16.8 Å². The fourth-order valence-electron chi connectivity index (χ4n) is 6.59. The first kappa shape index (κ1) is 55.5. The number of methoxy groups -OCH3 is 6. The first-order chi connectivity index (χ1) is 31.9. The van der Waals surface area contributed by atoms with Crippen molar-refractivity contribution in [2.24, 2.45) is 0 Å². The summed E-state index contributed by atoms with van der Waals surface area (Å²) in [6, 6.07) is 29.7. The molecule has 0 spiro atoms. The Morgan fingerprint density at radius 3 is 0.909 bits per heavy atom. The van der Waals surface area contributed by atoms with Crippen LogP contribution in [0.1, 0.15) is 47.9 Å². The Bertz CT molecular complexity index is 1910. The molecule has 0 fully saturated rings. The second-order valence-corrected chi connectivity index (χ2v) is 19.6. The van der Waals surface area contributed by atoms with Crippen molar-refractivity contribution in [3.8, 4) is 23.0 Å². The van der Waals surface area contributed by atoms with Crippen LogP contribution in [0.4, 0.5) is 0 Å². The van der Waals surface area contributed by atoms with Crippen molar-refractivity contribution in [1.82, 2.24) is 8.61 Å². The highest BCUT2D eigenvalue weighted by Crippen LogP contribution is 2.25. The van der Waals surface area contributed by atoms with Crippen LogP contribution in [-0.2, 0) is 65.2 Å². The summed E-state index contributed by atoms with van der Waals surface area (Å²) in [5, 5.41) is -1.38. The van der Waals surface area contributed by atoms with Crippen LogP contribution >= 0.6 is 0 Å². The quantitative estimate of drug-likeness (QED) is 0.0344. The molecule has 0 heterocycles. The second-order valence-electron chi connectivity index (χ2n) is 15.1. The van der Waals surface area contributed by atoms with Gasteiger partial charge in [0, 0.05) is 40.4 Å². The van der Waals surface area contributed by atoms with Crippen LogP contribution in [0.2, 0.25) is 0 Å². The Kier molecular flexibility index (Phi) is 25.7. The third-order valence-corrected chi connectivity index (χ3v) is 14.9. The predicted molar refractivity (Wildman–Crippen MR) is 260 cm³/mol. The number of benzene rings is 4. The Hall–Kier alpha value is -4.78. The van der Waals surface area contributed by atoms with Crippen molar-refractivity contribution >= 4 is 20.0 Å². The van der Waals surface area contributed by atoms with E-state index in [1.54, 1.807) is 54.8 Å². The number of allylic oxidation sites excluding steroid dienone is 2. The molecule has 0 saturated carbocycles. The average Bonchev–Trinajstić information content (AvgIpc) is 3.34. The number of hydrogen-bond donors (Lipinski definition) is 0. The van der Waals surface area contributed by atoms with Gasteiger partial charge in [0.15, 0.2) is 0 Å². The zero-order valence-corrected chi connectivity index (χ0v) is 41.1. The SMILES string of the molecule is C=CCC[C@@H](COCCOC)S(=O)(=O)N(Cc1ccc(OC)cc1)Cc1ccc(OC)cc1.C=CCC[C@H](COCCOC)S(=O)(=O)N(Cc1ccc(OC)cc1)Cc1ccc(OC)cc1. The predicted octanol–water partition coefficient (Wildman–Crippen LogP) is 8.07. The molecule has 0 radical (unpaired) electrons. The monoisotopic (exact) mass is 954 g/mol. The molecule has 364 valence electrons. The zero-order chi connectivity index (χ0) is 48.2. The van der Waals surface area contributed by atoms with Gasteiger partial charge in [-0.15, -0.1) is 13.2 Å². The first-order valence-electron chi connectivity index (χ1n) is 21.7. The van der Waals surface area contributed by atoms with Gasteiger partial charge in [0.05, 0.1) is 78.6 Å². The molecule has 0 aliphatic heterocycles. The molecule has 0 unspecified atom stereocenters. The largest absolute Gasteiger partial charge is 0.497 e. The molecule has 4 rings (SSSR count). The Labute approximate surface area is 394 Å². The summed E-state index contributed by atoms with van der Waals surface area (Å²) in [6.45, 7) is 10.1. The van der Waals surface area contributed by atoms with Gasteiger partial charge in [0.25, 0.3) is 0 Å².